The van der Waals surface area contributed by atoms with E-state index in [0.29, 0.717) is 36.7 Å². The van der Waals surface area contributed by atoms with Gasteiger partial charge < -0.3 is 29.0 Å². The number of rotatable bonds is 14. The molecule has 0 heterocycles. The molecule has 216 valence electrons. The molecule has 0 fully saturated rings. The summed E-state index contributed by atoms with van der Waals surface area (Å²) >= 11 is 0. The number of hydrogen-bond acceptors (Lipinski definition) is 8. The second-order valence-corrected chi connectivity index (χ2v) is 11.7. The molecule has 0 bridgehead atoms. The van der Waals surface area contributed by atoms with Crippen molar-refractivity contribution in [2.75, 3.05) is 34.0 Å². The van der Waals surface area contributed by atoms with Crippen LogP contribution in [0.5, 0.6) is 11.5 Å². The van der Waals surface area contributed by atoms with Gasteiger partial charge in [0.05, 0.1) is 19.8 Å². The molecule has 0 aliphatic rings. The Balaban J connectivity index is 3.16. The highest BCUT2D eigenvalue weighted by atomic mass is 16.7. The summed E-state index contributed by atoms with van der Waals surface area (Å²) in [6.07, 6.45) is 0.140. The van der Waals surface area contributed by atoms with Crippen LogP contribution in [0.15, 0.2) is 18.2 Å². The Morgan fingerprint density at radius 3 is 2.13 bits per heavy atom. The second kappa shape index (κ2) is 15.0. The molecular weight excluding hydrogens is 490 g/mol. The van der Waals surface area contributed by atoms with Crippen molar-refractivity contribution in [2.24, 2.45) is 17.3 Å². The summed E-state index contributed by atoms with van der Waals surface area (Å²) in [5, 5.41) is 2.96. The predicted octanol–water partition coefficient (Wildman–Crippen LogP) is 5.44. The average Bonchev–Trinajstić information content (AvgIpc) is 2.80. The van der Waals surface area contributed by atoms with Crippen LogP contribution in [0.25, 0.3) is 0 Å². The van der Waals surface area contributed by atoms with Gasteiger partial charge in [-0.15, -0.1) is 0 Å². The molecule has 1 amide bonds. The van der Waals surface area contributed by atoms with Gasteiger partial charge in [0, 0.05) is 37.0 Å². The quantitative estimate of drug-likeness (QED) is 0.190. The molecule has 1 aromatic rings. The van der Waals surface area contributed by atoms with Gasteiger partial charge in [0.15, 0.2) is 17.3 Å². The van der Waals surface area contributed by atoms with Crippen molar-refractivity contribution in [1.29, 1.82) is 0 Å². The Morgan fingerprint density at radius 2 is 1.61 bits per heavy atom. The number of benzene rings is 1. The topological polar surface area (TPSA) is 109 Å². The van der Waals surface area contributed by atoms with Crippen LogP contribution in [0, 0.1) is 17.3 Å². The SMILES string of the molecule is COCCCOc1cc(C(=O)[C@@H](C[C@@H](COC(=O)OC(C)(C)C)NC(=O)C(C)(C)C)C(C)C)ccc1OC. The lowest BCUT2D eigenvalue weighted by Crippen LogP contribution is -2.46. The van der Waals surface area contributed by atoms with Crippen molar-refractivity contribution in [3.8, 4) is 11.5 Å². The summed E-state index contributed by atoms with van der Waals surface area (Å²) in [5.74, 6) is 0.186. The molecule has 1 aromatic carbocycles. The zero-order valence-corrected chi connectivity index (χ0v) is 24.8. The highest BCUT2D eigenvalue weighted by Gasteiger charge is 2.32. The fraction of sp³-hybridized carbons (Fsp3) is 0.690. The lowest BCUT2D eigenvalue weighted by atomic mass is 9.82. The Morgan fingerprint density at radius 1 is 0.947 bits per heavy atom. The number of hydrogen-bond donors (Lipinski definition) is 1. The number of nitrogens with one attached hydrogen (secondary N) is 1. The predicted molar refractivity (Wildman–Crippen MR) is 146 cm³/mol. The number of Topliss-reactive ketones (excluding diaryl/α,β-unsaturated/α-hetero) is 1. The van der Waals surface area contributed by atoms with Gasteiger partial charge in [0.2, 0.25) is 5.91 Å². The normalized spacial score (nSPS) is 13.4. The van der Waals surface area contributed by atoms with E-state index in [-0.39, 0.29) is 30.6 Å². The molecule has 9 heteroatoms. The van der Waals surface area contributed by atoms with Gasteiger partial charge in [-0.2, -0.15) is 0 Å². The molecule has 9 nitrogen and oxygen atoms in total. The molecule has 0 aromatic heterocycles. The first-order chi connectivity index (χ1) is 17.6. The maximum Gasteiger partial charge on any atom is 0.508 e. The van der Waals surface area contributed by atoms with Crippen LogP contribution in [0.4, 0.5) is 4.79 Å². The van der Waals surface area contributed by atoms with E-state index in [9.17, 15) is 14.4 Å². The minimum atomic E-state index is -0.828. The third-order valence-electron chi connectivity index (χ3n) is 5.69. The van der Waals surface area contributed by atoms with Crippen molar-refractivity contribution in [3.05, 3.63) is 23.8 Å². The highest BCUT2D eigenvalue weighted by molar-refractivity contribution is 5.98. The van der Waals surface area contributed by atoms with E-state index in [1.807, 2.05) is 13.8 Å². The van der Waals surface area contributed by atoms with Gasteiger partial charge in [0.25, 0.3) is 0 Å². The summed E-state index contributed by atoms with van der Waals surface area (Å²) < 4.78 is 26.9. The number of ketones is 1. The Hall–Kier alpha value is -2.81. The van der Waals surface area contributed by atoms with E-state index in [1.165, 1.54) is 0 Å². The minimum absolute atomic E-state index is 0.0498. The number of carbonyl (C=O) groups is 3. The van der Waals surface area contributed by atoms with E-state index in [1.54, 1.807) is 74.0 Å². The minimum Gasteiger partial charge on any atom is -0.493 e. The highest BCUT2D eigenvalue weighted by Crippen LogP contribution is 2.31. The smallest absolute Gasteiger partial charge is 0.493 e. The van der Waals surface area contributed by atoms with Crippen LogP contribution in [0.2, 0.25) is 0 Å². The first-order valence-corrected chi connectivity index (χ1v) is 13.1. The second-order valence-electron chi connectivity index (χ2n) is 11.7. The van der Waals surface area contributed by atoms with Crippen molar-refractivity contribution < 1.29 is 38.1 Å². The van der Waals surface area contributed by atoms with Crippen molar-refractivity contribution in [3.63, 3.8) is 0 Å². The van der Waals surface area contributed by atoms with Gasteiger partial charge >= 0.3 is 6.16 Å². The van der Waals surface area contributed by atoms with E-state index in [2.05, 4.69) is 5.32 Å². The number of methoxy groups -OCH3 is 2. The van der Waals surface area contributed by atoms with Gasteiger partial charge in [-0.1, -0.05) is 34.6 Å². The van der Waals surface area contributed by atoms with Crippen LogP contribution in [-0.2, 0) is 19.0 Å². The number of ether oxygens (including phenoxy) is 5. The average molecular weight is 538 g/mol. The Labute approximate surface area is 227 Å². The van der Waals surface area contributed by atoms with Crippen LogP contribution in [0.1, 0.15) is 78.6 Å². The van der Waals surface area contributed by atoms with Crippen LogP contribution in [0.3, 0.4) is 0 Å². The summed E-state index contributed by atoms with van der Waals surface area (Å²) in [4.78, 5) is 38.7. The van der Waals surface area contributed by atoms with Gasteiger partial charge in [-0.05, 0) is 51.3 Å². The maximum atomic E-state index is 13.7. The number of carbonyl (C=O) groups excluding carboxylic acids is 3. The van der Waals surface area contributed by atoms with Crippen LogP contribution >= 0.6 is 0 Å². The Kier molecular flexibility index (Phi) is 13.1. The van der Waals surface area contributed by atoms with Crippen molar-refractivity contribution in [1.82, 2.24) is 5.32 Å². The fourth-order valence-electron chi connectivity index (χ4n) is 3.55. The van der Waals surface area contributed by atoms with E-state index < -0.39 is 29.1 Å². The summed E-state index contributed by atoms with van der Waals surface area (Å²) in [6.45, 7) is 15.4. The molecule has 0 spiro atoms. The lowest BCUT2D eigenvalue weighted by molar-refractivity contribution is -0.129. The molecule has 0 radical (unpaired) electrons. The number of amides is 1. The third-order valence-corrected chi connectivity index (χ3v) is 5.69. The molecule has 0 aliphatic carbocycles. The molecule has 2 atom stereocenters. The first kappa shape index (κ1) is 33.2. The van der Waals surface area contributed by atoms with Gasteiger partial charge in [-0.25, -0.2) is 4.79 Å². The van der Waals surface area contributed by atoms with Gasteiger partial charge in [-0.3, -0.25) is 9.59 Å². The zero-order chi connectivity index (χ0) is 29.1. The molecule has 0 saturated heterocycles. The monoisotopic (exact) mass is 537 g/mol. The van der Waals surface area contributed by atoms with E-state index in [0.717, 1.165) is 0 Å². The van der Waals surface area contributed by atoms with E-state index >= 15 is 0 Å². The fourth-order valence-corrected chi connectivity index (χ4v) is 3.55. The standard InChI is InChI=1S/C29H47NO8/c1-19(2)22(25(31)20-12-13-23(35-10)24(16-20)36-15-11-14-34-9)17-21(30-26(32)28(3,4)5)18-37-27(33)38-29(6,7)8/h12-13,16,19,21-22H,11,14-15,17-18H2,1-10H3,(H,30,32)/t21-,22-/m0/s1. The van der Waals surface area contributed by atoms with E-state index in [4.69, 9.17) is 23.7 Å². The Bertz CT molecular complexity index is 914. The van der Waals surface area contributed by atoms with Crippen molar-refractivity contribution in [2.45, 2.75) is 79.9 Å². The zero-order valence-electron chi connectivity index (χ0n) is 24.8. The molecule has 0 unspecified atom stereocenters. The van der Waals surface area contributed by atoms with Crippen LogP contribution in [-0.4, -0.2) is 63.5 Å². The molecule has 0 saturated carbocycles. The molecule has 0 aliphatic heterocycles. The molecule has 38 heavy (non-hydrogen) atoms. The largest absolute Gasteiger partial charge is 0.508 e. The molecule has 1 N–H and O–H groups in total. The summed E-state index contributed by atoms with van der Waals surface area (Å²) in [7, 11) is 3.17. The van der Waals surface area contributed by atoms with Gasteiger partial charge in [0.1, 0.15) is 12.2 Å². The van der Waals surface area contributed by atoms with Crippen LogP contribution < -0.4 is 14.8 Å². The molecular formula is C29H47NO8. The first-order valence-electron chi connectivity index (χ1n) is 13.1. The van der Waals surface area contributed by atoms with Crippen molar-refractivity contribution >= 4 is 17.8 Å². The summed E-state index contributed by atoms with van der Waals surface area (Å²) in [5.41, 5.74) is -0.901. The molecule has 1 rings (SSSR count). The maximum absolute atomic E-state index is 13.7. The lowest BCUT2D eigenvalue weighted by Gasteiger charge is -2.29. The summed E-state index contributed by atoms with van der Waals surface area (Å²) in [6, 6.07) is 4.51. The third kappa shape index (κ3) is 11.7.